The van der Waals surface area contributed by atoms with Gasteiger partial charge in [-0.15, -0.1) is 0 Å². The zero-order valence-electron chi connectivity index (χ0n) is 15.8. The highest BCUT2D eigenvalue weighted by atomic mass is 32.1. The number of aryl methyl sites for hydroxylation is 1. The average molecular weight is 394 g/mol. The lowest BCUT2D eigenvalue weighted by Gasteiger charge is -2.27. The van der Waals surface area contributed by atoms with Gasteiger partial charge in [0.25, 0.3) is 0 Å². The first-order valence-corrected chi connectivity index (χ1v) is 10.6. The summed E-state index contributed by atoms with van der Waals surface area (Å²) in [6.45, 7) is 2.76. The van der Waals surface area contributed by atoms with Crippen molar-refractivity contribution in [3.8, 4) is 0 Å². The quantitative estimate of drug-likeness (QED) is 0.546. The van der Waals surface area contributed by atoms with E-state index in [2.05, 4.69) is 44.1 Å². The van der Waals surface area contributed by atoms with Crippen LogP contribution in [0.4, 0.5) is 5.13 Å². The molecule has 5 rings (SSSR count). The van der Waals surface area contributed by atoms with Crippen LogP contribution in [0.1, 0.15) is 36.8 Å². The smallest absolute Gasteiger partial charge is 0.184 e. The van der Waals surface area contributed by atoms with Crippen LogP contribution in [0.15, 0.2) is 36.8 Å². The summed E-state index contributed by atoms with van der Waals surface area (Å²) in [7, 11) is 0. The van der Waals surface area contributed by atoms with Gasteiger partial charge in [-0.3, -0.25) is 0 Å². The van der Waals surface area contributed by atoms with Crippen LogP contribution in [0.5, 0.6) is 0 Å². The number of aromatic nitrogens is 4. The summed E-state index contributed by atoms with van der Waals surface area (Å²) in [6, 6.07) is 8.54. The van der Waals surface area contributed by atoms with Crippen LogP contribution in [0.3, 0.4) is 0 Å². The van der Waals surface area contributed by atoms with Crippen LogP contribution in [0.2, 0.25) is 0 Å². The third-order valence-electron chi connectivity index (χ3n) is 5.44. The van der Waals surface area contributed by atoms with Crippen LogP contribution in [0, 0.1) is 6.92 Å². The summed E-state index contributed by atoms with van der Waals surface area (Å²) >= 11 is 1.65. The van der Waals surface area contributed by atoms with Gasteiger partial charge >= 0.3 is 0 Å². The number of pyridine rings is 1. The number of thiazole rings is 1. The molecule has 0 unspecified atom stereocenters. The van der Waals surface area contributed by atoms with Crippen molar-refractivity contribution in [2.24, 2.45) is 0 Å². The van der Waals surface area contributed by atoms with Crippen LogP contribution in [-0.4, -0.2) is 36.8 Å². The Kier molecular flexibility index (Phi) is 4.49. The van der Waals surface area contributed by atoms with Crippen molar-refractivity contribution in [3.05, 3.63) is 47.9 Å². The Morgan fingerprint density at radius 1 is 1.18 bits per heavy atom. The van der Waals surface area contributed by atoms with Crippen molar-refractivity contribution >= 4 is 37.8 Å². The van der Waals surface area contributed by atoms with E-state index in [9.17, 15) is 5.11 Å². The first-order valence-electron chi connectivity index (χ1n) is 9.77. The Balaban J connectivity index is 1.38. The molecule has 0 bridgehead atoms. The molecule has 2 atom stereocenters. The highest BCUT2D eigenvalue weighted by molar-refractivity contribution is 7.22. The highest BCUT2D eigenvalue weighted by Crippen LogP contribution is 2.30. The molecule has 1 aromatic carbocycles. The van der Waals surface area contributed by atoms with Gasteiger partial charge in [0.1, 0.15) is 5.52 Å². The number of anilines is 1. The van der Waals surface area contributed by atoms with Gasteiger partial charge in [0.05, 0.1) is 35.2 Å². The predicted octanol–water partition coefficient (Wildman–Crippen LogP) is 4.11. The molecule has 0 spiro atoms. The van der Waals surface area contributed by atoms with Gasteiger partial charge in [-0.2, -0.15) is 0 Å². The van der Waals surface area contributed by atoms with Crippen molar-refractivity contribution in [1.29, 1.82) is 0 Å². The number of nitrogens with zero attached hydrogens (tertiary/aromatic N) is 4. The van der Waals surface area contributed by atoms with Gasteiger partial charge in [-0.25, -0.2) is 15.0 Å². The SMILES string of the molecule is Cc1cnc2c(c1)ncn2Cc1ccc2nc(N[C@@H]3CCCC[C@H]3O)sc2c1. The first-order chi connectivity index (χ1) is 13.7. The van der Waals surface area contributed by atoms with E-state index in [-0.39, 0.29) is 12.1 Å². The standard InChI is InChI=1S/C21H23N5OS/c1-13-8-17-20(22-10-13)26(12-23-17)11-14-6-7-16-19(9-14)28-21(25-16)24-15-4-2-3-5-18(15)27/h6-10,12,15,18,27H,2-5,11H2,1H3,(H,24,25)/t15-,18-/m1/s1. The van der Waals surface area contributed by atoms with Gasteiger partial charge in [0, 0.05) is 6.20 Å². The van der Waals surface area contributed by atoms with E-state index in [1.807, 2.05) is 19.4 Å². The Hall–Kier alpha value is -2.51. The maximum atomic E-state index is 10.2. The van der Waals surface area contributed by atoms with E-state index < -0.39 is 0 Å². The fourth-order valence-electron chi connectivity index (χ4n) is 3.93. The fourth-order valence-corrected chi connectivity index (χ4v) is 4.92. The van der Waals surface area contributed by atoms with E-state index in [0.717, 1.165) is 64.3 Å². The summed E-state index contributed by atoms with van der Waals surface area (Å²) in [6.07, 6.45) is 7.61. The van der Waals surface area contributed by atoms with Crippen LogP contribution < -0.4 is 5.32 Å². The molecule has 1 aliphatic carbocycles. The van der Waals surface area contributed by atoms with Crippen molar-refractivity contribution in [1.82, 2.24) is 19.5 Å². The van der Waals surface area contributed by atoms with Crippen LogP contribution >= 0.6 is 11.3 Å². The molecular formula is C21H23N5OS. The minimum absolute atomic E-state index is 0.112. The Morgan fingerprint density at radius 3 is 2.96 bits per heavy atom. The molecule has 0 saturated heterocycles. The van der Waals surface area contributed by atoms with Crippen molar-refractivity contribution in [2.75, 3.05) is 5.32 Å². The molecule has 2 N–H and O–H groups in total. The number of benzene rings is 1. The minimum Gasteiger partial charge on any atom is -0.391 e. The third-order valence-corrected chi connectivity index (χ3v) is 6.39. The van der Waals surface area contributed by atoms with E-state index >= 15 is 0 Å². The lowest BCUT2D eigenvalue weighted by atomic mass is 9.93. The first kappa shape index (κ1) is 17.6. The number of nitrogens with one attached hydrogen (secondary N) is 1. The van der Waals surface area contributed by atoms with Gasteiger partial charge in [0.2, 0.25) is 0 Å². The molecule has 3 heterocycles. The van der Waals surface area contributed by atoms with E-state index in [1.54, 1.807) is 11.3 Å². The Morgan fingerprint density at radius 2 is 2.07 bits per heavy atom. The fraction of sp³-hybridized carbons (Fsp3) is 0.381. The minimum atomic E-state index is -0.276. The van der Waals surface area contributed by atoms with E-state index in [1.165, 1.54) is 5.56 Å². The topological polar surface area (TPSA) is 75.9 Å². The zero-order chi connectivity index (χ0) is 19.1. The number of aliphatic hydroxyl groups excluding tert-OH is 1. The molecule has 0 radical (unpaired) electrons. The molecule has 6 nitrogen and oxygen atoms in total. The number of rotatable bonds is 4. The van der Waals surface area contributed by atoms with Crippen molar-refractivity contribution in [2.45, 2.75) is 51.3 Å². The second-order valence-corrected chi connectivity index (χ2v) is 8.68. The molecule has 7 heteroatoms. The summed E-state index contributed by atoms with van der Waals surface area (Å²) in [5.74, 6) is 0. The normalized spacial score (nSPS) is 20.1. The monoisotopic (exact) mass is 393 g/mol. The molecule has 0 aliphatic heterocycles. The summed E-state index contributed by atoms with van der Waals surface area (Å²) < 4.78 is 3.23. The lowest BCUT2D eigenvalue weighted by Crippen LogP contribution is -2.36. The summed E-state index contributed by atoms with van der Waals surface area (Å²) in [5.41, 5.74) is 5.14. The number of hydrogen-bond acceptors (Lipinski definition) is 6. The maximum Gasteiger partial charge on any atom is 0.184 e. The molecule has 1 aliphatic rings. The maximum absolute atomic E-state index is 10.2. The van der Waals surface area contributed by atoms with Gasteiger partial charge < -0.3 is 15.0 Å². The second-order valence-electron chi connectivity index (χ2n) is 7.65. The predicted molar refractivity (Wildman–Crippen MR) is 113 cm³/mol. The number of aliphatic hydroxyl groups is 1. The van der Waals surface area contributed by atoms with Crippen LogP contribution in [0.25, 0.3) is 21.4 Å². The van der Waals surface area contributed by atoms with Crippen molar-refractivity contribution in [3.63, 3.8) is 0 Å². The zero-order valence-corrected chi connectivity index (χ0v) is 16.6. The van der Waals surface area contributed by atoms with Gasteiger partial charge in [-0.05, 0) is 49.1 Å². The molecule has 0 amide bonds. The highest BCUT2D eigenvalue weighted by Gasteiger charge is 2.23. The molecule has 28 heavy (non-hydrogen) atoms. The molecule has 144 valence electrons. The number of imidazole rings is 1. The van der Waals surface area contributed by atoms with Gasteiger partial charge in [0.15, 0.2) is 10.8 Å². The molecule has 1 fully saturated rings. The molecule has 3 aromatic heterocycles. The molecule has 1 saturated carbocycles. The van der Waals surface area contributed by atoms with E-state index in [0.29, 0.717) is 0 Å². The number of hydrogen-bond donors (Lipinski definition) is 2. The van der Waals surface area contributed by atoms with Crippen LogP contribution in [-0.2, 0) is 6.54 Å². The average Bonchev–Trinajstić information content (AvgIpc) is 3.26. The third kappa shape index (κ3) is 3.36. The molecule has 4 aromatic rings. The largest absolute Gasteiger partial charge is 0.391 e. The molecular weight excluding hydrogens is 370 g/mol. The summed E-state index contributed by atoms with van der Waals surface area (Å²) in [4.78, 5) is 13.7. The van der Waals surface area contributed by atoms with Crippen molar-refractivity contribution < 1.29 is 5.11 Å². The number of fused-ring (bicyclic) bond motifs is 2. The Labute approximate surface area is 167 Å². The summed E-state index contributed by atoms with van der Waals surface area (Å²) in [5, 5.41) is 14.5. The second kappa shape index (κ2) is 7.14. The van der Waals surface area contributed by atoms with E-state index in [4.69, 9.17) is 4.98 Å². The Bertz CT molecular complexity index is 1130. The lowest BCUT2D eigenvalue weighted by molar-refractivity contribution is 0.116. The van der Waals surface area contributed by atoms with Gasteiger partial charge in [-0.1, -0.05) is 30.2 Å².